The van der Waals surface area contributed by atoms with Crippen LogP contribution in [0.1, 0.15) is 93.7 Å². The lowest BCUT2D eigenvalue weighted by Crippen LogP contribution is -2.59. The molecule has 2 amide bonds. The van der Waals surface area contributed by atoms with Gasteiger partial charge < -0.3 is 45.3 Å². The van der Waals surface area contributed by atoms with E-state index in [1.807, 2.05) is 83.4 Å². The number of aliphatic imine (C=N–C) groups is 1. The zero-order valence-corrected chi connectivity index (χ0v) is 43.6. The molecule has 5 aromatic rings. The zero-order valence-electron chi connectivity index (χ0n) is 43.6. The molecule has 3 saturated heterocycles. The molecule has 4 heterocycles. The van der Waals surface area contributed by atoms with Crippen molar-refractivity contribution in [2.75, 3.05) is 91.5 Å². The van der Waals surface area contributed by atoms with Gasteiger partial charge >= 0.3 is 0 Å². The largest absolute Gasteiger partial charge is 0.497 e. The number of aryl methyl sites for hydroxylation is 3. The first-order valence-corrected chi connectivity index (χ1v) is 24.7. The third-order valence-corrected chi connectivity index (χ3v) is 14.4. The monoisotopic (exact) mass is 967 g/mol. The number of nitrogens with zero attached hydrogens (tertiary/aromatic N) is 7. The Bertz CT molecular complexity index is 2710. The second-order valence-corrected chi connectivity index (χ2v) is 19.2. The van der Waals surface area contributed by atoms with Crippen molar-refractivity contribution in [3.05, 3.63) is 124 Å². The highest BCUT2D eigenvalue weighted by atomic mass is 16.5. The molecule has 4 unspecified atom stereocenters. The Kier molecular flexibility index (Phi) is 17.1. The van der Waals surface area contributed by atoms with Crippen LogP contribution in [0.4, 0.5) is 11.4 Å². The van der Waals surface area contributed by atoms with Gasteiger partial charge in [-0.3, -0.25) is 24.2 Å². The van der Waals surface area contributed by atoms with E-state index in [0.29, 0.717) is 40.5 Å². The number of piperazine rings is 2. The summed E-state index contributed by atoms with van der Waals surface area (Å²) in [6.45, 7) is 13.9. The molecule has 4 N–H and O–H groups in total. The number of piperidine rings is 1. The van der Waals surface area contributed by atoms with E-state index in [0.717, 1.165) is 95.2 Å². The highest BCUT2D eigenvalue weighted by Gasteiger charge is 2.35. The van der Waals surface area contributed by atoms with E-state index in [2.05, 4.69) is 78.7 Å². The SMILES string of the molecule is CN=C/C(=C\N)c1cc(OC)cc(C(C)NC(=O)c2cc(N3CC4CCCC(C3)N4C)ccc2C)c1.COc1cc(C(C)NC(=O)c2cc(N3CCN(C)CC3)ccc2C)cc(-c2cnn(C)c2)c1OC. The molecule has 0 spiro atoms. The number of ether oxygens (including phenoxy) is 3. The van der Waals surface area contributed by atoms with Gasteiger partial charge in [0, 0.05) is 123 Å². The Labute approximate surface area is 420 Å². The topological polar surface area (TPSA) is 155 Å². The second-order valence-electron chi connectivity index (χ2n) is 19.2. The van der Waals surface area contributed by atoms with Crippen LogP contribution >= 0.6 is 0 Å². The molecular weight excluding hydrogens is 893 g/mol. The molecule has 8 rings (SSSR count). The number of hydrogen-bond donors (Lipinski definition) is 3. The van der Waals surface area contributed by atoms with E-state index in [-0.39, 0.29) is 23.9 Å². The molecule has 378 valence electrons. The van der Waals surface area contributed by atoms with Gasteiger partial charge in [0.05, 0.1) is 39.6 Å². The molecule has 3 aliphatic rings. The predicted molar refractivity (Wildman–Crippen MR) is 287 cm³/mol. The number of nitrogens with one attached hydrogen (secondary N) is 2. The van der Waals surface area contributed by atoms with Gasteiger partial charge in [-0.2, -0.15) is 5.10 Å². The summed E-state index contributed by atoms with van der Waals surface area (Å²) in [6.07, 6.45) is 10.8. The van der Waals surface area contributed by atoms with Crippen molar-refractivity contribution in [3.8, 4) is 28.4 Å². The lowest BCUT2D eigenvalue weighted by molar-refractivity contribution is 0.0929. The van der Waals surface area contributed by atoms with Crippen LogP contribution in [0.15, 0.2) is 90.3 Å². The van der Waals surface area contributed by atoms with Crippen LogP contribution in [0.5, 0.6) is 17.2 Å². The van der Waals surface area contributed by atoms with Gasteiger partial charge in [0.1, 0.15) is 5.75 Å². The predicted octanol–water partition coefficient (Wildman–Crippen LogP) is 7.82. The quantitative estimate of drug-likeness (QED) is 0.0934. The van der Waals surface area contributed by atoms with E-state index in [1.165, 1.54) is 25.5 Å². The van der Waals surface area contributed by atoms with E-state index >= 15 is 0 Å². The minimum absolute atomic E-state index is 0.0785. The molecule has 15 heteroatoms. The first kappa shape index (κ1) is 52.0. The van der Waals surface area contributed by atoms with Crippen LogP contribution < -0.4 is 40.4 Å². The van der Waals surface area contributed by atoms with Crippen molar-refractivity contribution < 1.29 is 23.8 Å². The molecule has 3 aliphatic heterocycles. The summed E-state index contributed by atoms with van der Waals surface area (Å²) in [7, 11) is 12.8. The van der Waals surface area contributed by atoms with Crippen LogP contribution in [0.25, 0.3) is 16.7 Å². The maximum absolute atomic E-state index is 13.4. The van der Waals surface area contributed by atoms with Crippen molar-refractivity contribution in [3.63, 3.8) is 0 Å². The molecule has 4 aromatic carbocycles. The van der Waals surface area contributed by atoms with Gasteiger partial charge in [-0.25, -0.2) is 0 Å². The average Bonchev–Trinajstić information content (AvgIpc) is 3.81. The summed E-state index contributed by atoms with van der Waals surface area (Å²) in [5, 5.41) is 10.7. The summed E-state index contributed by atoms with van der Waals surface area (Å²) in [5.41, 5.74) is 16.7. The number of benzene rings is 4. The molecule has 0 saturated carbocycles. The molecule has 0 radical (unpaired) electrons. The summed E-state index contributed by atoms with van der Waals surface area (Å²) in [4.78, 5) is 40.6. The number of allylic oxidation sites excluding steroid dienone is 1. The summed E-state index contributed by atoms with van der Waals surface area (Å²) in [5.74, 6) is 1.77. The minimum Gasteiger partial charge on any atom is -0.497 e. The van der Waals surface area contributed by atoms with Crippen LogP contribution in [-0.2, 0) is 7.05 Å². The lowest BCUT2D eigenvalue weighted by Gasteiger charge is -2.49. The van der Waals surface area contributed by atoms with Crippen molar-refractivity contribution in [1.29, 1.82) is 0 Å². The number of amides is 2. The highest BCUT2D eigenvalue weighted by Crippen LogP contribution is 2.41. The Hall–Kier alpha value is -6.84. The zero-order chi connectivity index (χ0) is 50.9. The van der Waals surface area contributed by atoms with Crippen LogP contribution in [0.3, 0.4) is 0 Å². The molecule has 4 atom stereocenters. The number of aromatic nitrogens is 2. The molecular formula is C56H74N10O5. The molecule has 2 bridgehead atoms. The molecule has 0 aliphatic carbocycles. The van der Waals surface area contributed by atoms with Gasteiger partial charge in [0.15, 0.2) is 11.5 Å². The Balaban J connectivity index is 0.000000209. The third kappa shape index (κ3) is 12.2. The van der Waals surface area contributed by atoms with E-state index < -0.39 is 0 Å². The minimum atomic E-state index is -0.246. The number of likely N-dealkylation sites (N-methyl/N-ethyl adjacent to an activating group) is 2. The van der Waals surface area contributed by atoms with Crippen molar-refractivity contribution in [2.24, 2.45) is 17.8 Å². The van der Waals surface area contributed by atoms with Crippen LogP contribution in [0.2, 0.25) is 0 Å². The molecule has 3 fully saturated rings. The maximum atomic E-state index is 13.4. The van der Waals surface area contributed by atoms with E-state index in [9.17, 15) is 9.59 Å². The van der Waals surface area contributed by atoms with Gasteiger partial charge in [-0.1, -0.05) is 18.6 Å². The third-order valence-electron chi connectivity index (χ3n) is 14.4. The normalized spacial score (nSPS) is 18.3. The second kappa shape index (κ2) is 23.4. The fourth-order valence-electron chi connectivity index (χ4n) is 9.93. The molecule has 15 nitrogen and oxygen atoms in total. The molecule has 71 heavy (non-hydrogen) atoms. The van der Waals surface area contributed by atoms with Gasteiger partial charge in [-0.05, 0) is 137 Å². The number of rotatable bonds is 14. The fraction of sp³-hybridized carbons (Fsp3) is 0.429. The smallest absolute Gasteiger partial charge is 0.252 e. The Morgan fingerprint density at radius 1 is 0.761 bits per heavy atom. The summed E-state index contributed by atoms with van der Waals surface area (Å²) >= 11 is 0. The summed E-state index contributed by atoms with van der Waals surface area (Å²) in [6, 6.07) is 22.9. The fourth-order valence-corrected chi connectivity index (χ4v) is 9.93. The standard InChI is InChI=1S/C29H39N5O2.C27H35N5O3/c1-19-9-10-24(34-17-25-7-6-8-26(18-34)33(25)4)14-28(19)29(35)32-20(2)21-11-22(13-27(12-21)36-5)23(15-30)16-31-3;1-18-7-8-22(32-11-9-30(3)10-12-32)15-23(18)27(33)29-19(2)20-13-24(21-16-28-31(4)17-21)26(35-6)25(14-20)34-5/h9-16,20,25-26H,6-8,17-18,30H2,1-5H3,(H,32,35);7-8,13-17,19H,9-12H2,1-6H3,(H,29,33)/b23-15+,31-16?;. The first-order valence-electron chi connectivity index (χ1n) is 24.7. The number of nitrogens with two attached hydrogens (primary N) is 1. The van der Waals surface area contributed by atoms with Crippen LogP contribution in [-0.4, -0.2) is 131 Å². The van der Waals surface area contributed by atoms with Crippen molar-refractivity contribution >= 4 is 35.0 Å². The number of carbonyl (C=O) groups is 2. The highest BCUT2D eigenvalue weighted by molar-refractivity contribution is 6.09. The van der Waals surface area contributed by atoms with E-state index in [4.69, 9.17) is 19.9 Å². The van der Waals surface area contributed by atoms with Gasteiger partial charge in [0.25, 0.3) is 11.8 Å². The van der Waals surface area contributed by atoms with Crippen molar-refractivity contribution in [1.82, 2.24) is 30.2 Å². The van der Waals surface area contributed by atoms with Crippen molar-refractivity contribution in [2.45, 2.75) is 71.1 Å². The average molecular weight is 967 g/mol. The number of anilines is 2. The van der Waals surface area contributed by atoms with Gasteiger partial charge in [-0.15, -0.1) is 0 Å². The number of fused-ring (bicyclic) bond motifs is 2. The summed E-state index contributed by atoms with van der Waals surface area (Å²) < 4.78 is 18.5. The van der Waals surface area contributed by atoms with Gasteiger partial charge in [0.2, 0.25) is 0 Å². The Morgan fingerprint density at radius 2 is 1.35 bits per heavy atom. The lowest BCUT2D eigenvalue weighted by atomic mass is 9.91. The first-order chi connectivity index (χ1) is 34.1. The maximum Gasteiger partial charge on any atom is 0.252 e. The number of hydrogen-bond acceptors (Lipinski definition) is 12. The number of carbonyl (C=O) groups excluding carboxylic acids is 2. The van der Waals surface area contributed by atoms with E-state index in [1.54, 1.807) is 45.5 Å². The Morgan fingerprint density at radius 3 is 1.87 bits per heavy atom. The van der Waals surface area contributed by atoms with Crippen LogP contribution in [0, 0.1) is 13.8 Å². The molecule has 1 aromatic heterocycles. The number of methoxy groups -OCH3 is 3.